The first-order valence-corrected chi connectivity index (χ1v) is 6.53. The summed E-state index contributed by atoms with van der Waals surface area (Å²) >= 11 is 0. The topological polar surface area (TPSA) is 9.23 Å². The van der Waals surface area contributed by atoms with E-state index in [0.29, 0.717) is 6.10 Å². The van der Waals surface area contributed by atoms with Crippen LogP contribution in [0.5, 0.6) is 0 Å². The van der Waals surface area contributed by atoms with Gasteiger partial charge in [0.05, 0.1) is 33.9 Å². The Labute approximate surface area is 105 Å². The van der Waals surface area contributed by atoms with Crippen molar-refractivity contribution >= 4 is 0 Å². The number of nitrogens with zero attached hydrogens (tertiary/aromatic N) is 1. The van der Waals surface area contributed by atoms with Crippen LogP contribution in [-0.4, -0.2) is 44.9 Å². The van der Waals surface area contributed by atoms with E-state index in [1.165, 1.54) is 24.0 Å². The largest absolute Gasteiger partial charge is 0.372 e. The van der Waals surface area contributed by atoms with Crippen molar-refractivity contribution in [2.75, 3.05) is 34.3 Å². The van der Waals surface area contributed by atoms with Gasteiger partial charge in [0, 0.05) is 0 Å². The van der Waals surface area contributed by atoms with Crippen LogP contribution < -0.4 is 0 Å². The van der Waals surface area contributed by atoms with Gasteiger partial charge < -0.3 is 9.22 Å². The average molecular weight is 234 g/mol. The minimum Gasteiger partial charge on any atom is -0.372 e. The maximum atomic E-state index is 6.00. The summed E-state index contributed by atoms with van der Waals surface area (Å²) in [5.74, 6) is 0. The van der Waals surface area contributed by atoms with Crippen molar-refractivity contribution in [1.29, 1.82) is 0 Å². The van der Waals surface area contributed by atoms with Crippen LogP contribution in [0.15, 0.2) is 24.3 Å². The summed E-state index contributed by atoms with van der Waals surface area (Å²) in [6, 6.07) is 8.76. The number of benzene rings is 1. The molecule has 1 atom stereocenters. The van der Waals surface area contributed by atoms with Crippen molar-refractivity contribution in [2.45, 2.75) is 25.4 Å². The zero-order valence-corrected chi connectivity index (χ0v) is 11.3. The predicted molar refractivity (Wildman–Crippen MR) is 71.1 cm³/mol. The molecular weight excluding hydrogens is 210 g/mol. The predicted octanol–water partition coefficient (Wildman–Crippen LogP) is 2.27. The number of ether oxygens (including phenoxy) is 1. The molecule has 0 saturated carbocycles. The summed E-state index contributed by atoms with van der Waals surface area (Å²) < 4.78 is 6.98. The van der Waals surface area contributed by atoms with E-state index in [2.05, 4.69) is 45.4 Å². The Kier molecular flexibility index (Phi) is 3.85. The van der Waals surface area contributed by atoms with Gasteiger partial charge in [0.25, 0.3) is 0 Å². The number of quaternary nitrogens is 1. The molecule has 0 fully saturated rings. The summed E-state index contributed by atoms with van der Waals surface area (Å²) in [6.45, 7) is 1.95. The van der Waals surface area contributed by atoms with E-state index >= 15 is 0 Å². The average Bonchev–Trinajstić information content (AvgIpc) is 2.27. The van der Waals surface area contributed by atoms with E-state index in [1.807, 2.05) is 0 Å². The van der Waals surface area contributed by atoms with Gasteiger partial charge in [0.1, 0.15) is 6.54 Å². The maximum Gasteiger partial charge on any atom is 0.102 e. The molecule has 1 aliphatic carbocycles. The lowest BCUT2D eigenvalue weighted by Crippen LogP contribution is -2.38. The van der Waals surface area contributed by atoms with Gasteiger partial charge in [-0.15, -0.1) is 0 Å². The van der Waals surface area contributed by atoms with Crippen LogP contribution in [0.4, 0.5) is 0 Å². The van der Waals surface area contributed by atoms with E-state index in [4.69, 9.17) is 4.74 Å². The Morgan fingerprint density at radius 1 is 1.18 bits per heavy atom. The Morgan fingerprint density at radius 3 is 2.59 bits per heavy atom. The monoisotopic (exact) mass is 234 g/mol. The number of aryl methyl sites for hydroxylation is 1. The molecule has 0 N–H and O–H groups in total. The third-order valence-electron chi connectivity index (χ3n) is 3.42. The molecule has 0 spiro atoms. The molecule has 1 aliphatic rings. The van der Waals surface area contributed by atoms with Crippen molar-refractivity contribution in [3.8, 4) is 0 Å². The molecule has 0 amide bonds. The summed E-state index contributed by atoms with van der Waals surface area (Å²) in [7, 11) is 6.62. The van der Waals surface area contributed by atoms with Crippen LogP contribution >= 0.6 is 0 Å². The first-order valence-electron chi connectivity index (χ1n) is 6.53. The van der Waals surface area contributed by atoms with Gasteiger partial charge in [0.2, 0.25) is 0 Å². The van der Waals surface area contributed by atoms with Crippen LogP contribution in [-0.2, 0) is 17.6 Å². The van der Waals surface area contributed by atoms with Gasteiger partial charge in [-0.3, -0.25) is 0 Å². The zero-order valence-electron chi connectivity index (χ0n) is 11.3. The normalized spacial score (nSPS) is 20.1. The van der Waals surface area contributed by atoms with Crippen molar-refractivity contribution in [3.63, 3.8) is 0 Å². The summed E-state index contributed by atoms with van der Waals surface area (Å²) in [5.41, 5.74) is 2.99. The number of likely N-dealkylation sites (N-methyl/N-ethyl adjacent to an activating group) is 1. The van der Waals surface area contributed by atoms with Gasteiger partial charge in [-0.05, 0) is 30.4 Å². The minimum atomic E-state index is 0.427. The second-order valence-electron chi connectivity index (χ2n) is 6.02. The molecular formula is C15H24NO+. The quantitative estimate of drug-likeness (QED) is 0.726. The van der Waals surface area contributed by atoms with Crippen LogP contribution in [0.25, 0.3) is 0 Å². The van der Waals surface area contributed by atoms with Crippen LogP contribution in [0.3, 0.4) is 0 Å². The van der Waals surface area contributed by atoms with Crippen molar-refractivity contribution in [2.24, 2.45) is 0 Å². The number of hydrogen-bond donors (Lipinski definition) is 0. The highest BCUT2D eigenvalue weighted by molar-refractivity contribution is 5.29. The lowest BCUT2D eigenvalue weighted by molar-refractivity contribution is -0.870. The molecule has 1 aromatic carbocycles. The molecule has 2 heteroatoms. The van der Waals surface area contributed by atoms with Gasteiger partial charge in [-0.25, -0.2) is 0 Å². The minimum absolute atomic E-state index is 0.427. The molecule has 2 rings (SSSR count). The summed E-state index contributed by atoms with van der Waals surface area (Å²) in [4.78, 5) is 0. The van der Waals surface area contributed by atoms with Crippen LogP contribution in [0, 0.1) is 0 Å². The Bertz CT molecular complexity index is 367. The van der Waals surface area contributed by atoms with Crippen molar-refractivity contribution in [1.82, 2.24) is 0 Å². The highest BCUT2D eigenvalue weighted by Gasteiger charge is 2.19. The van der Waals surface area contributed by atoms with Gasteiger partial charge in [-0.1, -0.05) is 24.3 Å². The zero-order chi connectivity index (χ0) is 12.3. The molecule has 94 valence electrons. The first-order chi connectivity index (χ1) is 8.04. The number of hydrogen-bond acceptors (Lipinski definition) is 1. The Balaban J connectivity index is 1.82. The summed E-state index contributed by atoms with van der Waals surface area (Å²) in [5, 5.41) is 0. The molecule has 17 heavy (non-hydrogen) atoms. The molecule has 0 bridgehead atoms. The second-order valence-corrected chi connectivity index (χ2v) is 6.02. The fourth-order valence-corrected chi connectivity index (χ4v) is 2.30. The van der Waals surface area contributed by atoms with E-state index in [-0.39, 0.29) is 0 Å². The van der Waals surface area contributed by atoms with Gasteiger partial charge >= 0.3 is 0 Å². The van der Waals surface area contributed by atoms with Crippen molar-refractivity contribution < 1.29 is 9.22 Å². The van der Waals surface area contributed by atoms with E-state index in [1.54, 1.807) is 0 Å². The fraction of sp³-hybridized carbons (Fsp3) is 0.600. The highest BCUT2D eigenvalue weighted by Crippen LogP contribution is 2.22. The van der Waals surface area contributed by atoms with E-state index in [9.17, 15) is 0 Å². The van der Waals surface area contributed by atoms with Crippen LogP contribution in [0.2, 0.25) is 0 Å². The SMILES string of the molecule is C[N+](C)(C)CCO[C@H]1CCc2ccccc2C1. The highest BCUT2D eigenvalue weighted by atomic mass is 16.5. The lowest BCUT2D eigenvalue weighted by Gasteiger charge is -2.28. The van der Waals surface area contributed by atoms with Gasteiger partial charge in [-0.2, -0.15) is 0 Å². The van der Waals surface area contributed by atoms with Crippen molar-refractivity contribution in [3.05, 3.63) is 35.4 Å². The molecule has 0 aliphatic heterocycles. The third-order valence-corrected chi connectivity index (χ3v) is 3.42. The Morgan fingerprint density at radius 2 is 1.88 bits per heavy atom. The second kappa shape index (κ2) is 5.19. The van der Waals surface area contributed by atoms with Gasteiger partial charge in [0.15, 0.2) is 0 Å². The smallest absolute Gasteiger partial charge is 0.102 e. The molecule has 0 heterocycles. The number of fused-ring (bicyclic) bond motifs is 1. The Hall–Kier alpha value is -0.860. The molecule has 0 saturated heterocycles. The molecule has 0 unspecified atom stereocenters. The lowest BCUT2D eigenvalue weighted by atomic mass is 9.90. The molecule has 1 aromatic rings. The maximum absolute atomic E-state index is 6.00. The molecule has 0 aromatic heterocycles. The van der Waals surface area contributed by atoms with Crippen LogP contribution in [0.1, 0.15) is 17.5 Å². The first kappa shape index (κ1) is 12.6. The molecule has 2 nitrogen and oxygen atoms in total. The standard InChI is InChI=1S/C15H24NO/c1-16(2,3)10-11-17-15-9-8-13-6-4-5-7-14(13)12-15/h4-7,15H,8-12H2,1-3H3/q+1/t15-/m0/s1. The summed E-state index contributed by atoms with van der Waals surface area (Å²) in [6.07, 6.45) is 3.86. The third kappa shape index (κ3) is 3.83. The molecule has 0 radical (unpaired) electrons. The van der Waals surface area contributed by atoms with E-state index < -0.39 is 0 Å². The number of rotatable bonds is 4. The van der Waals surface area contributed by atoms with E-state index in [0.717, 1.165) is 24.1 Å². The fourth-order valence-electron chi connectivity index (χ4n) is 2.30.